The second-order valence-electron chi connectivity index (χ2n) is 4.86. The van der Waals surface area contributed by atoms with Crippen LogP contribution in [0.1, 0.15) is 28.8 Å². The fourth-order valence-corrected chi connectivity index (χ4v) is 3.02. The standard InChI is InChI=1S/C15H16N2OS/c16-14(13-7-4-8-19-13)15(18)17-12-9-11(12)10-5-2-1-3-6-10/h1-8,11-12,14H,9,16H2,(H,17,18). The highest BCUT2D eigenvalue weighted by atomic mass is 32.1. The molecular formula is C15H16N2OS. The number of carbonyl (C=O) groups is 1. The van der Waals surface area contributed by atoms with E-state index in [0.29, 0.717) is 5.92 Å². The van der Waals surface area contributed by atoms with Gasteiger partial charge >= 0.3 is 0 Å². The smallest absolute Gasteiger partial charge is 0.242 e. The van der Waals surface area contributed by atoms with Gasteiger partial charge in [-0.05, 0) is 23.4 Å². The van der Waals surface area contributed by atoms with Gasteiger partial charge in [0.1, 0.15) is 6.04 Å². The maximum atomic E-state index is 12.0. The maximum Gasteiger partial charge on any atom is 0.242 e. The van der Waals surface area contributed by atoms with E-state index in [9.17, 15) is 4.79 Å². The minimum Gasteiger partial charge on any atom is -0.351 e. The van der Waals surface area contributed by atoms with Gasteiger partial charge in [-0.1, -0.05) is 36.4 Å². The largest absolute Gasteiger partial charge is 0.351 e. The molecule has 1 amide bonds. The van der Waals surface area contributed by atoms with E-state index in [1.54, 1.807) is 0 Å². The summed E-state index contributed by atoms with van der Waals surface area (Å²) in [5.74, 6) is 0.367. The van der Waals surface area contributed by atoms with Crippen LogP contribution in [-0.2, 0) is 4.79 Å². The average Bonchev–Trinajstić information content (AvgIpc) is 3.00. The first-order valence-electron chi connectivity index (χ1n) is 6.40. The summed E-state index contributed by atoms with van der Waals surface area (Å²) in [5, 5.41) is 4.97. The van der Waals surface area contributed by atoms with E-state index < -0.39 is 6.04 Å². The molecule has 3 unspecified atom stereocenters. The molecule has 1 aromatic carbocycles. The predicted molar refractivity (Wildman–Crippen MR) is 77.0 cm³/mol. The first kappa shape index (κ1) is 12.4. The number of thiophene rings is 1. The SMILES string of the molecule is NC(C(=O)NC1CC1c1ccccc1)c1cccs1. The number of rotatable bonds is 4. The Hall–Kier alpha value is -1.65. The first-order chi connectivity index (χ1) is 9.25. The first-order valence-corrected chi connectivity index (χ1v) is 7.28. The molecule has 1 saturated carbocycles. The van der Waals surface area contributed by atoms with Crippen molar-refractivity contribution in [3.63, 3.8) is 0 Å². The summed E-state index contributed by atoms with van der Waals surface area (Å²) in [6, 6.07) is 13.8. The second-order valence-corrected chi connectivity index (χ2v) is 5.84. The monoisotopic (exact) mass is 272 g/mol. The molecule has 0 saturated heterocycles. The van der Waals surface area contributed by atoms with E-state index in [4.69, 9.17) is 5.73 Å². The van der Waals surface area contributed by atoms with Crippen molar-refractivity contribution in [2.24, 2.45) is 5.73 Å². The van der Waals surface area contributed by atoms with E-state index in [-0.39, 0.29) is 11.9 Å². The van der Waals surface area contributed by atoms with E-state index in [2.05, 4.69) is 17.4 Å². The van der Waals surface area contributed by atoms with Gasteiger partial charge < -0.3 is 11.1 Å². The maximum absolute atomic E-state index is 12.0. The van der Waals surface area contributed by atoms with E-state index in [1.807, 2.05) is 35.7 Å². The van der Waals surface area contributed by atoms with Gasteiger partial charge in [-0.15, -0.1) is 11.3 Å². The molecule has 3 rings (SSSR count). The molecule has 1 aliphatic rings. The molecule has 3 nitrogen and oxygen atoms in total. The minimum atomic E-state index is -0.544. The summed E-state index contributed by atoms with van der Waals surface area (Å²) in [6.07, 6.45) is 1.01. The summed E-state index contributed by atoms with van der Waals surface area (Å²) < 4.78 is 0. The molecule has 0 spiro atoms. The molecule has 19 heavy (non-hydrogen) atoms. The Labute approximate surface area is 116 Å². The molecule has 1 aromatic heterocycles. The number of benzene rings is 1. The topological polar surface area (TPSA) is 55.1 Å². The van der Waals surface area contributed by atoms with Crippen molar-refractivity contribution in [3.05, 3.63) is 58.3 Å². The van der Waals surface area contributed by atoms with E-state index in [0.717, 1.165) is 11.3 Å². The van der Waals surface area contributed by atoms with Gasteiger partial charge in [0.15, 0.2) is 0 Å². The lowest BCUT2D eigenvalue weighted by Gasteiger charge is -2.10. The third-order valence-electron chi connectivity index (χ3n) is 3.48. The zero-order chi connectivity index (χ0) is 13.2. The number of hydrogen-bond donors (Lipinski definition) is 2. The van der Waals surface area contributed by atoms with Crippen LogP contribution in [0.15, 0.2) is 47.8 Å². The molecule has 1 fully saturated rings. The molecule has 0 bridgehead atoms. The Morgan fingerprint density at radius 1 is 1.26 bits per heavy atom. The number of hydrogen-bond acceptors (Lipinski definition) is 3. The molecule has 3 atom stereocenters. The number of amides is 1. The Morgan fingerprint density at radius 3 is 2.74 bits per heavy atom. The van der Waals surface area contributed by atoms with Crippen molar-refractivity contribution >= 4 is 17.2 Å². The van der Waals surface area contributed by atoms with Crippen molar-refractivity contribution < 1.29 is 4.79 Å². The lowest BCUT2D eigenvalue weighted by Crippen LogP contribution is -2.35. The predicted octanol–water partition coefficient (Wildman–Crippen LogP) is 2.42. The summed E-state index contributed by atoms with van der Waals surface area (Å²) in [6.45, 7) is 0. The van der Waals surface area contributed by atoms with Crippen LogP contribution < -0.4 is 11.1 Å². The normalized spacial score (nSPS) is 22.8. The molecule has 3 N–H and O–H groups in total. The third-order valence-corrected chi connectivity index (χ3v) is 4.43. The van der Waals surface area contributed by atoms with Gasteiger partial charge in [-0.2, -0.15) is 0 Å². The van der Waals surface area contributed by atoms with Crippen molar-refractivity contribution in [1.82, 2.24) is 5.32 Å². The Bertz CT molecular complexity index is 553. The number of nitrogens with one attached hydrogen (secondary N) is 1. The Morgan fingerprint density at radius 2 is 2.05 bits per heavy atom. The molecular weight excluding hydrogens is 256 g/mol. The lowest BCUT2D eigenvalue weighted by molar-refractivity contribution is -0.122. The summed E-state index contributed by atoms with van der Waals surface area (Å²) >= 11 is 1.52. The van der Waals surface area contributed by atoms with Crippen LogP contribution in [0.4, 0.5) is 0 Å². The van der Waals surface area contributed by atoms with Crippen molar-refractivity contribution in [2.45, 2.75) is 24.4 Å². The minimum absolute atomic E-state index is 0.0779. The van der Waals surface area contributed by atoms with Gasteiger partial charge in [0.2, 0.25) is 5.91 Å². The quantitative estimate of drug-likeness (QED) is 0.898. The van der Waals surface area contributed by atoms with Gasteiger partial charge in [0, 0.05) is 16.8 Å². The fourth-order valence-electron chi connectivity index (χ4n) is 2.29. The average molecular weight is 272 g/mol. The van der Waals surface area contributed by atoms with Crippen LogP contribution in [0.5, 0.6) is 0 Å². The van der Waals surface area contributed by atoms with Gasteiger partial charge in [0.05, 0.1) is 0 Å². The number of carbonyl (C=O) groups excluding carboxylic acids is 1. The van der Waals surface area contributed by atoms with Gasteiger partial charge in [-0.3, -0.25) is 4.79 Å². The molecule has 1 heterocycles. The van der Waals surface area contributed by atoms with Gasteiger partial charge in [-0.25, -0.2) is 0 Å². The summed E-state index contributed by atoms with van der Waals surface area (Å²) in [7, 11) is 0. The van der Waals surface area contributed by atoms with Crippen LogP contribution in [0, 0.1) is 0 Å². The molecule has 0 radical (unpaired) electrons. The van der Waals surface area contributed by atoms with Crippen molar-refractivity contribution in [1.29, 1.82) is 0 Å². The van der Waals surface area contributed by atoms with Crippen LogP contribution in [0.3, 0.4) is 0 Å². The van der Waals surface area contributed by atoms with Crippen LogP contribution in [0.25, 0.3) is 0 Å². The van der Waals surface area contributed by atoms with Gasteiger partial charge in [0.25, 0.3) is 0 Å². The van der Waals surface area contributed by atoms with E-state index in [1.165, 1.54) is 16.9 Å². The van der Waals surface area contributed by atoms with E-state index >= 15 is 0 Å². The molecule has 98 valence electrons. The highest BCUT2D eigenvalue weighted by molar-refractivity contribution is 7.10. The summed E-state index contributed by atoms with van der Waals surface area (Å²) in [5.41, 5.74) is 7.23. The highest BCUT2D eigenvalue weighted by Crippen LogP contribution is 2.40. The zero-order valence-corrected chi connectivity index (χ0v) is 11.3. The van der Waals surface area contributed by atoms with Crippen LogP contribution in [-0.4, -0.2) is 11.9 Å². The van der Waals surface area contributed by atoms with Crippen molar-refractivity contribution in [2.75, 3.05) is 0 Å². The number of nitrogens with two attached hydrogens (primary N) is 1. The van der Waals surface area contributed by atoms with Crippen LogP contribution >= 0.6 is 11.3 Å². The molecule has 2 aromatic rings. The second kappa shape index (κ2) is 5.15. The Kier molecular flexibility index (Phi) is 3.36. The zero-order valence-electron chi connectivity index (χ0n) is 10.5. The van der Waals surface area contributed by atoms with Crippen LogP contribution in [0.2, 0.25) is 0 Å². The molecule has 4 heteroatoms. The molecule has 0 aliphatic heterocycles. The third kappa shape index (κ3) is 2.69. The highest BCUT2D eigenvalue weighted by Gasteiger charge is 2.40. The Balaban J connectivity index is 1.58. The fraction of sp³-hybridized carbons (Fsp3) is 0.267. The van der Waals surface area contributed by atoms with Crippen molar-refractivity contribution in [3.8, 4) is 0 Å². The lowest BCUT2D eigenvalue weighted by atomic mass is 10.1. The molecule has 1 aliphatic carbocycles. The summed E-state index contributed by atoms with van der Waals surface area (Å²) in [4.78, 5) is 13.0.